The van der Waals surface area contributed by atoms with Gasteiger partial charge in [0.2, 0.25) is 0 Å². The largest absolute Gasteiger partial charge is 0.369 e. The van der Waals surface area contributed by atoms with Crippen molar-refractivity contribution in [1.82, 2.24) is 0 Å². The smallest absolute Gasteiger partial charge is 0.129 e. The number of benzene rings is 1. The Morgan fingerprint density at radius 3 is 2.29 bits per heavy atom. The SMILES string of the molecule is CC(C)CN(c1ccc(CN)c(F)c1)C(C)C. The van der Waals surface area contributed by atoms with Gasteiger partial charge in [-0.25, -0.2) is 4.39 Å². The Kier molecular flexibility index (Phi) is 4.94. The number of hydrogen-bond donors (Lipinski definition) is 1. The predicted octanol–water partition coefficient (Wildman–Crippen LogP) is 3.16. The fourth-order valence-corrected chi connectivity index (χ4v) is 1.89. The molecule has 0 atom stereocenters. The van der Waals surface area contributed by atoms with Crippen LogP contribution >= 0.6 is 0 Å². The molecule has 0 aliphatic carbocycles. The van der Waals surface area contributed by atoms with Crippen molar-refractivity contribution in [3.8, 4) is 0 Å². The third kappa shape index (κ3) is 3.70. The quantitative estimate of drug-likeness (QED) is 0.853. The first kappa shape index (κ1) is 14.0. The van der Waals surface area contributed by atoms with E-state index >= 15 is 0 Å². The van der Waals surface area contributed by atoms with Crippen LogP contribution in [-0.4, -0.2) is 12.6 Å². The van der Waals surface area contributed by atoms with Gasteiger partial charge in [-0.3, -0.25) is 0 Å². The molecule has 0 radical (unpaired) electrons. The van der Waals surface area contributed by atoms with Crippen molar-refractivity contribution in [3.63, 3.8) is 0 Å². The minimum Gasteiger partial charge on any atom is -0.369 e. The molecule has 0 spiro atoms. The highest BCUT2D eigenvalue weighted by atomic mass is 19.1. The van der Waals surface area contributed by atoms with Crippen LogP contribution in [0.15, 0.2) is 18.2 Å². The van der Waals surface area contributed by atoms with E-state index in [2.05, 4.69) is 32.6 Å². The number of rotatable bonds is 5. The summed E-state index contributed by atoms with van der Waals surface area (Å²) in [5, 5.41) is 0. The Morgan fingerprint density at radius 1 is 1.24 bits per heavy atom. The second-order valence-electron chi connectivity index (χ2n) is 5.12. The summed E-state index contributed by atoms with van der Waals surface area (Å²) in [6.45, 7) is 9.76. The summed E-state index contributed by atoms with van der Waals surface area (Å²) in [6.07, 6.45) is 0. The summed E-state index contributed by atoms with van der Waals surface area (Å²) in [6, 6.07) is 5.68. The third-order valence-electron chi connectivity index (χ3n) is 2.77. The first-order valence-corrected chi connectivity index (χ1v) is 6.20. The lowest BCUT2D eigenvalue weighted by atomic mass is 10.1. The highest BCUT2D eigenvalue weighted by Gasteiger charge is 2.13. The first-order valence-electron chi connectivity index (χ1n) is 6.20. The van der Waals surface area contributed by atoms with Gasteiger partial charge in [0.05, 0.1) is 0 Å². The van der Waals surface area contributed by atoms with Gasteiger partial charge in [0.25, 0.3) is 0 Å². The molecule has 1 aromatic rings. The zero-order valence-electron chi connectivity index (χ0n) is 11.2. The van der Waals surface area contributed by atoms with E-state index in [0.29, 0.717) is 17.5 Å². The molecule has 1 rings (SSSR count). The maximum atomic E-state index is 13.7. The van der Waals surface area contributed by atoms with Gasteiger partial charge in [0.1, 0.15) is 5.82 Å². The molecular formula is C14H23FN2. The molecule has 0 amide bonds. The van der Waals surface area contributed by atoms with Gasteiger partial charge in [-0.2, -0.15) is 0 Å². The normalized spacial score (nSPS) is 11.3. The third-order valence-corrected chi connectivity index (χ3v) is 2.77. The molecule has 0 fully saturated rings. The van der Waals surface area contributed by atoms with Gasteiger partial charge in [-0.05, 0) is 31.9 Å². The number of nitrogens with zero attached hydrogens (tertiary/aromatic N) is 1. The van der Waals surface area contributed by atoms with Crippen molar-refractivity contribution < 1.29 is 4.39 Å². The van der Waals surface area contributed by atoms with Crippen molar-refractivity contribution in [2.45, 2.75) is 40.3 Å². The van der Waals surface area contributed by atoms with E-state index < -0.39 is 0 Å². The topological polar surface area (TPSA) is 29.3 Å². The van der Waals surface area contributed by atoms with Crippen molar-refractivity contribution in [1.29, 1.82) is 0 Å². The van der Waals surface area contributed by atoms with Crippen LogP contribution in [-0.2, 0) is 6.54 Å². The minimum atomic E-state index is -0.209. The Hall–Kier alpha value is -1.09. The fraction of sp³-hybridized carbons (Fsp3) is 0.571. The number of halogens is 1. The van der Waals surface area contributed by atoms with E-state index in [1.54, 1.807) is 12.1 Å². The summed E-state index contributed by atoms with van der Waals surface area (Å²) in [4.78, 5) is 2.22. The van der Waals surface area contributed by atoms with Crippen molar-refractivity contribution >= 4 is 5.69 Å². The zero-order chi connectivity index (χ0) is 13.0. The molecular weight excluding hydrogens is 215 g/mol. The fourth-order valence-electron chi connectivity index (χ4n) is 1.89. The Morgan fingerprint density at radius 2 is 1.88 bits per heavy atom. The summed E-state index contributed by atoms with van der Waals surface area (Å²) in [5.41, 5.74) is 6.97. The maximum absolute atomic E-state index is 13.7. The van der Waals surface area contributed by atoms with Gasteiger partial charge < -0.3 is 10.6 Å². The molecule has 0 aromatic heterocycles. The van der Waals surface area contributed by atoms with Crippen LogP contribution in [0.5, 0.6) is 0 Å². The molecule has 0 bridgehead atoms. The number of hydrogen-bond acceptors (Lipinski definition) is 2. The van der Waals surface area contributed by atoms with Gasteiger partial charge in [-0.1, -0.05) is 19.9 Å². The molecule has 0 heterocycles. The van der Waals surface area contributed by atoms with E-state index in [1.807, 2.05) is 6.07 Å². The first-order chi connectivity index (χ1) is 7.95. The van der Waals surface area contributed by atoms with E-state index in [0.717, 1.165) is 12.2 Å². The Balaban J connectivity index is 2.98. The maximum Gasteiger partial charge on any atom is 0.129 e. The molecule has 96 valence electrons. The lowest BCUT2D eigenvalue weighted by molar-refractivity contribution is 0.565. The van der Waals surface area contributed by atoms with E-state index in [9.17, 15) is 4.39 Å². The van der Waals surface area contributed by atoms with E-state index in [4.69, 9.17) is 5.73 Å². The summed E-state index contributed by atoms with van der Waals surface area (Å²) < 4.78 is 13.7. The van der Waals surface area contributed by atoms with Crippen LogP contribution in [0.25, 0.3) is 0 Å². The molecule has 0 unspecified atom stereocenters. The van der Waals surface area contributed by atoms with Crippen molar-refractivity contribution in [3.05, 3.63) is 29.6 Å². The molecule has 0 aliphatic heterocycles. The molecule has 2 nitrogen and oxygen atoms in total. The van der Waals surface area contributed by atoms with Crippen LogP contribution in [0, 0.1) is 11.7 Å². The van der Waals surface area contributed by atoms with E-state index in [1.165, 1.54) is 0 Å². The second-order valence-corrected chi connectivity index (χ2v) is 5.12. The molecule has 3 heteroatoms. The lowest BCUT2D eigenvalue weighted by Crippen LogP contribution is -2.34. The van der Waals surface area contributed by atoms with Crippen molar-refractivity contribution in [2.75, 3.05) is 11.4 Å². The van der Waals surface area contributed by atoms with Gasteiger partial charge in [-0.15, -0.1) is 0 Å². The number of anilines is 1. The lowest BCUT2D eigenvalue weighted by Gasteiger charge is -2.31. The van der Waals surface area contributed by atoms with Crippen LogP contribution in [0.2, 0.25) is 0 Å². The van der Waals surface area contributed by atoms with E-state index in [-0.39, 0.29) is 12.4 Å². The molecule has 0 aliphatic rings. The van der Waals surface area contributed by atoms with Gasteiger partial charge in [0.15, 0.2) is 0 Å². The molecule has 1 aromatic carbocycles. The molecule has 17 heavy (non-hydrogen) atoms. The zero-order valence-corrected chi connectivity index (χ0v) is 11.2. The van der Waals surface area contributed by atoms with Gasteiger partial charge >= 0.3 is 0 Å². The standard InChI is InChI=1S/C14H23FN2/c1-10(2)9-17(11(3)4)13-6-5-12(8-16)14(15)7-13/h5-7,10-11H,8-9,16H2,1-4H3. The predicted molar refractivity (Wildman–Crippen MR) is 71.6 cm³/mol. The Bertz CT molecular complexity index is 361. The van der Waals surface area contributed by atoms with Crippen LogP contribution in [0.1, 0.15) is 33.3 Å². The molecule has 0 saturated heterocycles. The summed E-state index contributed by atoms with van der Waals surface area (Å²) in [5.74, 6) is 0.342. The average Bonchev–Trinajstić information content (AvgIpc) is 2.25. The van der Waals surface area contributed by atoms with Crippen molar-refractivity contribution in [2.24, 2.45) is 11.7 Å². The molecule has 2 N–H and O–H groups in total. The summed E-state index contributed by atoms with van der Waals surface area (Å²) in [7, 11) is 0. The van der Waals surface area contributed by atoms with Crippen LogP contribution in [0.4, 0.5) is 10.1 Å². The van der Waals surface area contributed by atoms with Gasteiger partial charge in [0, 0.05) is 30.4 Å². The summed E-state index contributed by atoms with van der Waals surface area (Å²) >= 11 is 0. The minimum absolute atomic E-state index is 0.209. The average molecular weight is 238 g/mol. The monoisotopic (exact) mass is 238 g/mol. The second kappa shape index (κ2) is 6.01. The number of nitrogens with two attached hydrogens (primary N) is 1. The highest BCUT2D eigenvalue weighted by Crippen LogP contribution is 2.21. The van der Waals surface area contributed by atoms with Crippen LogP contribution < -0.4 is 10.6 Å². The molecule has 0 saturated carbocycles. The van der Waals surface area contributed by atoms with Crippen LogP contribution in [0.3, 0.4) is 0 Å². The Labute approximate surface area is 104 Å². The highest BCUT2D eigenvalue weighted by molar-refractivity contribution is 5.49.